The van der Waals surface area contributed by atoms with Gasteiger partial charge in [0, 0.05) is 19.1 Å². The topological polar surface area (TPSA) is 66.6 Å². The Morgan fingerprint density at radius 1 is 1.25 bits per heavy atom. The number of nitrogens with two attached hydrogens (primary N) is 1. The van der Waals surface area contributed by atoms with Gasteiger partial charge in [0.15, 0.2) is 6.10 Å². The Hall–Kier alpha value is -1.10. The third-order valence-electron chi connectivity index (χ3n) is 4.57. The standard InChI is InChI=1S/C15H20N2O2.ClH/c16-13-7-6-11-8-17(9-12(11)13)15(19)14(18)10-4-2-1-3-5-10;/h1-5,11-14,18H,6-9,16H2;1H. The van der Waals surface area contributed by atoms with Crippen LogP contribution in [0.25, 0.3) is 0 Å². The van der Waals surface area contributed by atoms with Gasteiger partial charge in [-0.1, -0.05) is 30.3 Å². The van der Waals surface area contributed by atoms with Gasteiger partial charge in [-0.2, -0.15) is 0 Å². The summed E-state index contributed by atoms with van der Waals surface area (Å²) in [4.78, 5) is 14.1. The zero-order valence-corrected chi connectivity index (χ0v) is 12.1. The minimum atomic E-state index is -1.05. The zero-order valence-electron chi connectivity index (χ0n) is 11.3. The highest BCUT2D eigenvalue weighted by atomic mass is 35.5. The van der Waals surface area contributed by atoms with Gasteiger partial charge in [0.1, 0.15) is 0 Å². The van der Waals surface area contributed by atoms with Crippen molar-refractivity contribution in [1.29, 1.82) is 0 Å². The number of halogens is 1. The summed E-state index contributed by atoms with van der Waals surface area (Å²) in [5, 5.41) is 10.2. The molecule has 4 unspecified atom stereocenters. The fraction of sp³-hybridized carbons (Fsp3) is 0.533. The highest BCUT2D eigenvalue weighted by Crippen LogP contribution is 2.37. The number of hydrogen-bond donors (Lipinski definition) is 2. The van der Waals surface area contributed by atoms with Crippen LogP contribution < -0.4 is 5.73 Å². The molecule has 2 fully saturated rings. The number of rotatable bonds is 2. The molecule has 4 atom stereocenters. The molecule has 5 heteroatoms. The van der Waals surface area contributed by atoms with Gasteiger partial charge in [-0.05, 0) is 30.2 Å². The van der Waals surface area contributed by atoms with Gasteiger partial charge in [-0.25, -0.2) is 0 Å². The van der Waals surface area contributed by atoms with Crippen LogP contribution in [0.15, 0.2) is 30.3 Å². The summed E-state index contributed by atoms with van der Waals surface area (Å²) in [5.74, 6) is 0.765. The molecule has 1 saturated carbocycles. The zero-order chi connectivity index (χ0) is 13.4. The molecule has 1 aromatic rings. The molecule has 3 N–H and O–H groups in total. The lowest BCUT2D eigenvalue weighted by molar-refractivity contribution is -0.139. The van der Waals surface area contributed by atoms with E-state index in [0.717, 1.165) is 19.4 Å². The fourth-order valence-electron chi connectivity index (χ4n) is 3.44. The lowest BCUT2D eigenvalue weighted by Gasteiger charge is -2.22. The minimum absolute atomic E-state index is 0. The van der Waals surface area contributed by atoms with Crippen molar-refractivity contribution in [3.8, 4) is 0 Å². The van der Waals surface area contributed by atoms with Crippen molar-refractivity contribution in [2.75, 3.05) is 13.1 Å². The van der Waals surface area contributed by atoms with Crippen molar-refractivity contribution >= 4 is 18.3 Å². The van der Waals surface area contributed by atoms with Crippen molar-refractivity contribution in [3.63, 3.8) is 0 Å². The summed E-state index contributed by atoms with van der Waals surface area (Å²) < 4.78 is 0. The predicted molar refractivity (Wildman–Crippen MR) is 79.4 cm³/mol. The Morgan fingerprint density at radius 2 is 1.95 bits per heavy atom. The van der Waals surface area contributed by atoms with E-state index in [1.807, 2.05) is 18.2 Å². The molecule has 20 heavy (non-hydrogen) atoms. The second-order valence-corrected chi connectivity index (χ2v) is 5.72. The van der Waals surface area contributed by atoms with Crippen molar-refractivity contribution in [1.82, 2.24) is 4.90 Å². The van der Waals surface area contributed by atoms with E-state index in [1.165, 1.54) is 0 Å². The molecular formula is C15H21ClN2O2. The lowest BCUT2D eigenvalue weighted by atomic mass is 9.98. The van der Waals surface area contributed by atoms with Gasteiger partial charge in [0.2, 0.25) is 0 Å². The first-order chi connectivity index (χ1) is 9.16. The van der Waals surface area contributed by atoms with E-state index >= 15 is 0 Å². The first-order valence-corrected chi connectivity index (χ1v) is 6.94. The third-order valence-corrected chi connectivity index (χ3v) is 4.57. The number of hydrogen-bond acceptors (Lipinski definition) is 3. The normalized spacial score (nSPS) is 29.7. The van der Waals surface area contributed by atoms with E-state index in [9.17, 15) is 9.90 Å². The average Bonchev–Trinajstić information content (AvgIpc) is 3.01. The Labute approximate surface area is 125 Å². The van der Waals surface area contributed by atoms with Crippen LogP contribution in [0, 0.1) is 11.8 Å². The second kappa shape index (κ2) is 6.12. The molecule has 0 radical (unpaired) electrons. The highest BCUT2D eigenvalue weighted by Gasteiger charge is 2.43. The van der Waals surface area contributed by atoms with E-state index in [1.54, 1.807) is 17.0 Å². The first kappa shape index (κ1) is 15.3. The van der Waals surface area contributed by atoms with Gasteiger partial charge in [-0.3, -0.25) is 4.79 Å². The number of aliphatic hydroxyl groups is 1. The minimum Gasteiger partial charge on any atom is -0.378 e. The number of aliphatic hydroxyl groups excluding tert-OH is 1. The van der Waals surface area contributed by atoms with Crippen molar-refractivity contribution in [3.05, 3.63) is 35.9 Å². The van der Waals surface area contributed by atoms with Crippen molar-refractivity contribution < 1.29 is 9.90 Å². The Balaban J connectivity index is 0.00000147. The van der Waals surface area contributed by atoms with Crippen LogP contribution in [0.1, 0.15) is 24.5 Å². The number of carbonyl (C=O) groups excluding carboxylic acids is 1. The maximum absolute atomic E-state index is 12.3. The monoisotopic (exact) mass is 296 g/mol. The summed E-state index contributed by atoms with van der Waals surface area (Å²) in [6.45, 7) is 1.45. The highest BCUT2D eigenvalue weighted by molar-refractivity contribution is 5.85. The van der Waals surface area contributed by atoms with Gasteiger partial charge in [0.05, 0.1) is 0 Å². The molecule has 0 spiro atoms. The molecule has 1 aliphatic carbocycles. The lowest BCUT2D eigenvalue weighted by Crippen LogP contribution is -2.36. The number of nitrogens with zero attached hydrogens (tertiary/aromatic N) is 1. The smallest absolute Gasteiger partial charge is 0.256 e. The SMILES string of the molecule is Cl.NC1CCC2CN(C(=O)C(O)c3ccccc3)CC12. The van der Waals surface area contributed by atoms with E-state index in [0.29, 0.717) is 23.9 Å². The van der Waals surface area contributed by atoms with Crippen LogP contribution in [-0.4, -0.2) is 35.0 Å². The van der Waals surface area contributed by atoms with E-state index in [2.05, 4.69) is 0 Å². The average molecular weight is 297 g/mol. The third kappa shape index (κ3) is 2.68. The maximum atomic E-state index is 12.3. The number of likely N-dealkylation sites (tertiary alicyclic amines) is 1. The molecule has 0 aromatic heterocycles. The Bertz CT molecular complexity index is 468. The quantitative estimate of drug-likeness (QED) is 0.865. The molecule has 1 heterocycles. The molecule has 1 aliphatic heterocycles. The molecule has 1 amide bonds. The summed E-state index contributed by atoms with van der Waals surface area (Å²) in [6.07, 6.45) is 1.13. The van der Waals surface area contributed by atoms with Crippen molar-refractivity contribution in [2.24, 2.45) is 17.6 Å². The van der Waals surface area contributed by atoms with Crippen LogP contribution in [0.4, 0.5) is 0 Å². The predicted octanol–water partition coefficient (Wildman–Crippen LogP) is 1.34. The van der Waals surface area contributed by atoms with E-state index < -0.39 is 6.10 Å². The molecule has 1 saturated heterocycles. The number of benzene rings is 1. The number of amides is 1. The molecule has 1 aromatic carbocycles. The van der Waals surface area contributed by atoms with Gasteiger partial charge < -0.3 is 15.7 Å². The summed E-state index contributed by atoms with van der Waals surface area (Å²) in [6, 6.07) is 9.33. The van der Waals surface area contributed by atoms with Crippen LogP contribution in [-0.2, 0) is 4.79 Å². The Kier molecular flexibility index (Phi) is 4.68. The molecule has 3 rings (SSSR count). The first-order valence-electron chi connectivity index (χ1n) is 6.94. The van der Waals surface area contributed by atoms with Crippen LogP contribution in [0.2, 0.25) is 0 Å². The molecule has 2 aliphatic rings. The van der Waals surface area contributed by atoms with Gasteiger partial charge in [0.25, 0.3) is 5.91 Å². The largest absolute Gasteiger partial charge is 0.378 e. The number of fused-ring (bicyclic) bond motifs is 1. The summed E-state index contributed by atoms with van der Waals surface area (Å²) >= 11 is 0. The van der Waals surface area contributed by atoms with Gasteiger partial charge >= 0.3 is 0 Å². The summed E-state index contributed by atoms with van der Waals surface area (Å²) in [7, 11) is 0. The molecule has 110 valence electrons. The molecule has 0 bridgehead atoms. The van der Waals surface area contributed by atoms with Crippen LogP contribution in [0.5, 0.6) is 0 Å². The molecular weight excluding hydrogens is 276 g/mol. The van der Waals surface area contributed by atoms with E-state index in [-0.39, 0.29) is 24.4 Å². The van der Waals surface area contributed by atoms with Crippen LogP contribution in [0.3, 0.4) is 0 Å². The second-order valence-electron chi connectivity index (χ2n) is 5.72. The number of carbonyl (C=O) groups is 1. The van der Waals surface area contributed by atoms with Crippen molar-refractivity contribution in [2.45, 2.75) is 25.0 Å². The summed E-state index contributed by atoms with van der Waals surface area (Å²) in [5.41, 5.74) is 6.73. The van der Waals surface area contributed by atoms with Crippen LogP contribution >= 0.6 is 12.4 Å². The Morgan fingerprint density at radius 3 is 2.60 bits per heavy atom. The fourth-order valence-corrected chi connectivity index (χ4v) is 3.44. The molecule has 4 nitrogen and oxygen atoms in total. The van der Waals surface area contributed by atoms with Gasteiger partial charge in [-0.15, -0.1) is 12.4 Å². The maximum Gasteiger partial charge on any atom is 0.256 e. The van der Waals surface area contributed by atoms with E-state index in [4.69, 9.17) is 5.73 Å².